The zero-order valence-corrected chi connectivity index (χ0v) is 9.43. The maximum Gasteiger partial charge on any atom is 0.335 e. The molecule has 0 saturated heterocycles. The highest BCUT2D eigenvalue weighted by Gasteiger charge is 2.15. The summed E-state index contributed by atoms with van der Waals surface area (Å²) < 4.78 is 4.79. The number of carbonyl (C=O) groups is 2. The summed E-state index contributed by atoms with van der Waals surface area (Å²) in [7, 11) is 1.37. The van der Waals surface area contributed by atoms with Crippen LogP contribution in [0.15, 0.2) is 18.2 Å². The molecule has 0 aliphatic carbocycles. The van der Waals surface area contributed by atoms with E-state index in [1.54, 1.807) is 0 Å². The third-order valence-electron chi connectivity index (χ3n) is 2.22. The van der Waals surface area contributed by atoms with Crippen LogP contribution in [0.1, 0.15) is 17.3 Å². The van der Waals surface area contributed by atoms with Crippen LogP contribution in [-0.4, -0.2) is 35.3 Å². The number of phenolic OH excluding ortho intramolecular Hbond substituents is 1. The van der Waals surface area contributed by atoms with Gasteiger partial charge in [0.05, 0.1) is 11.3 Å². The number of carboxylic acid groups (broad SMARTS) is 1. The lowest BCUT2D eigenvalue weighted by Crippen LogP contribution is -2.26. The van der Waals surface area contributed by atoms with E-state index in [-0.39, 0.29) is 17.0 Å². The number of hydrogen-bond donors (Lipinski definition) is 3. The molecule has 6 nitrogen and oxygen atoms in total. The Morgan fingerprint density at radius 3 is 2.59 bits per heavy atom. The maximum absolute atomic E-state index is 11.5. The zero-order valence-electron chi connectivity index (χ0n) is 9.43. The van der Waals surface area contributed by atoms with Gasteiger partial charge in [0.25, 0.3) is 5.91 Å². The molecule has 6 heteroatoms. The fourth-order valence-corrected chi connectivity index (χ4v) is 1.11. The van der Waals surface area contributed by atoms with Gasteiger partial charge in [-0.25, -0.2) is 4.79 Å². The summed E-state index contributed by atoms with van der Waals surface area (Å²) in [6, 6.07) is 3.63. The second-order valence-electron chi connectivity index (χ2n) is 3.40. The Bertz CT molecular complexity index is 443. The smallest absolute Gasteiger partial charge is 0.335 e. The van der Waals surface area contributed by atoms with Crippen LogP contribution in [0.25, 0.3) is 0 Å². The summed E-state index contributed by atoms with van der Waals surface area (Å²) in [5.41, 5.74) is 0.0157. The Morgan fingerprint density at radius 2 is 2.06 bits per heavy atom. The largest absolute Gasteiger partial charge is 0.506 e. The Balaban J connectivity index is 2.94. The molecule has 0 aliphatic heterocycles. The number of rotatable bonds is 4. The first-order valence-electron chi connectivity index (χ1n) is 4.85. The van der Waals surface area contributed by atoms with Gasteiger partial charge in [-0.1, -0.05) is 0 Å². The van der Waals surface area contributed by atoms with E-state index >= 15 is 0 Å². The molecule has 0 saturated carbocycles. The number of aromatic carboxylic acids is 1. The highest BCUT2D eigenvalue weighted by Crippen LogP contribution is 2.24. The summed E-state index contributed by atoms with van der Waals surface area (Å²) in [4.78, 5) is 22.2. The Labute approximate surface area is 97.8 Å². The van der Waals surface area contributed by atoms with Crippen molar-refractivity contribution in [1.82, 2.24) is 0 Å². The van der Waals surface area contributed by atoms with Crippen molar-refractivity contribution in [2.45, 2.75) is 13.0 Å². The van der Waals surface area contributed by atoms with E-state index < -0.39 is 18.0 Å². The van der Waals surface area contributed by atoms with Crippen molar-refractivity contribution in [3.8, 4) is 5.75 Å². The molecule has 1 unspecified atom stereocenters. The summed E-state index contributed by atoms with van der Waals surface area (Å²) in [6.45, 7) is 1.54. The first-order valence-corrected chi connectivity index (χ1v) is 4.85. The van der Waals surface area contributed by atoms with Crippen molar-refractivity contribution in [3.05, 3.63) is 23.8 Å². The topological polar surface area (TPSA) is 95.9 Å². The van der Waals surface area contributed by atoms with E-state index in [0.29, 0.717) is 0 Å². The molecule has 0 bridgehead atoms. The summed E-state index contributed by atoms with van der Waals surface area (Å²) in [5.74, 6) is -1.81. The third kappa shape index (κ3) is 3.18. The molecule has 1 aromatic carbocycles. The molecule has 1 aromatic rings. The first-order chi connectivity index (χ1) is 7.95. The van der Waals surface area contributed by atoms with Crippen LogP contribution < -0.4 is 5.32 Å². The van der Waals surface area contributed by atoms with Gasteiger partial charge in [-0.2, -0.15) is 0 Å². The number of carboxylic acids is 1. The number of amides is 1. The van der Waals surface area contributed by atoms with E-state index in [1.165, 1.54) is 32.2 Å². The van der Waals surface area contributed by atoms with E-state index in [0.717, 1.165) is 0 Å². The zero-order chi connectivity index (χ0) is 13.0. The van der Waals surface area contributed by atoms with Crippen LogP contribution >= 0.6 is 0 Å². The highest BCUT2D eigenvalue weighted by atomic mass is 16.5. The second kappa shape index (κ2) is 5.31. The highest BCUT2D eigenvalue weighted by molar-refractivity contribution is 5.97. The van der Waals surface area contributed by atoms with Gasteiger partial charge < -0.3 is 20.3 Å². The number of benzene rings is 1. The van der Waals surface area contributed by atoms with Crippen molar-refractivity contribution >= 4 is 17.6 Å². The van der Waals surface area contributed by atoms with Gasteiger partial charge in [0.15, 0.2) is 0 Å². The Morgan fingerprint density at radius 1 is 1.41 bits per heavy atom. The first kappa shape index (κ1) is 13.0. The summed E-state index contributed by atoms with van der Waals surface area (Å²) in [6.07, 6.45) is -0.692. The molecule has 1 amide bonds. The number of carbonyl (C=O) groups excluding carboxylic acids is 1. The summed E-state index contributed by atoms with van der Waals surface area (Å²) >= 11 is 0. The van der Waals surface area contributed by atoms with Gasteiger partial charge in [0, 0.05) is 7.11 Å². The molecule has 1 rings (SSSR count). The van der Waals surface area contributed by atoms with Crippen molar-refractivity contribution in [3.63, 3.8) is 0 Å². The standard InChI is InChI=1S/C11H13NO5/c1-6(17-2)10(14)12-8-5-7(11(15)16)3-4-9(8)13/h3-6,13H,1-2H3,(H,12,14)(H,15,16). The minimum Gasteiger partial charge on any atom is -0.506 e. The number of anilines is 1. The maximum atomic E-state index is 11.5. The predicted octanol–water partition coefficient (Wildman–Crippen LogP) is 1.06. The summed E-state index contributed by atoms with van der Waals surface area (Å²) in [5, 5.41) is 20.6. The van der Waals surface area contributed by atoms with Gasteiger partial charge in [-0.3, -0.25) is 4.79 Å². The van der Waals surface area contributed by atoms with Crippen LogP contribution in [0.3, 0.4) is 0 Å². The number of methoxy groups -OCH3 is 1. The van der Waals surface area contributed by atoms with E-state index in [2.05, 4.69) is 5.32 Å². The molecule has 0 aliphatic rings. The Hall–Kier alpha value is -2.08. The lowest BCUT2D eigenvalue weighted by Gasteiger charge is -2.11. The third-order valence-corrected chi connectivity index (χ3v) is 2.22. The lowest BCUT2D eigenvalue weighted by atomic mass is 10.2. The Kier molecular flexibility index (Phi) is 4.06. The molecule has 0 fully saturated rings. The minimum absolute atomic E-state index is 0.0248. The van der Waals surface area contributed by atoms with Gasteiger partial charge in [-0.05, 0) is 25.1 Å². The molecule has 1 atom stereocenters. The van der Waals surface area contributed by atoms with Crippen molar-refractivity contribution in [1.29, 1.82) is 0 Å². The van der Waals surface area contributed by atoms with E-state index in [9.17, 15) is 14.7 Å². The minimum atomic E-state index is -1.14. The number of ether oxygens (including phenoxy) is 1. The van der Waals surface area contributed by atoms with Crippen molar-refractivity contribution in [2.75, 3.05) is 12.4 Å². The molecular weight excluding hydrogens is 226 g/mol. The van der Waals surface area contributed by atoms with E-state index in [1.807, 2.05) is 0 Å². The lowest BCUT2D eigenvalue weighted by molar-refractivity contribution is -0.124. The number of nitrogens with one attached hydrogen (secondary N) is 1. The average Bonchev–Trinajstić information content (AvgIpc) is 2.30. The van der Waals surface area contributed by atoms with Gasteiger partial charge in [0.2, 0.25) is 0 Å². The van der Waals surface area contributed by atoms with Crippen LogP contribution in [-0.2, 0) is 9.53 Å². The SMILES string of the molecule is COC(C)C(=O)Nc1cc(C(=O)O)ccc1O. The normalized spacial score (nSPS) is 11.9. The number of aromatic hydroxyl groups is 1. The van der Waals surface area contributed by atoms with Crippen LogP contribution in [0, 0.1) is 0 Å². The predicted molar refractivity (Wildman–Crippen MR) is 60.2 cm³/mol. The average molecular weight is 239 g/mol. The van der Waals surface area contributed by atoms with Crippen LogP contribution in [0.5, 0.6) is 5.75 Å². The number of hydrogen-bond acceptors (Lipinski definition) is 4. The monoisotopic (exact) mass is 239 g/mol. The van der Waals surface area contributed by atoms with Gasteiger partial charge in [-0.15, -0.1) is 0 Å². The second-order valence-corrected chi connectivity index (χ2v) is 3.40. The van der Waals surface area contributed by atoms with Crippen LogP contribution in [0.4, 0.5) is 5.69 Å². The molecule has 17 heavy (non-hydrogen) atoms. The van der Waals surface area contributed by atoms with Gasteiger partial charge in [0.1, 0.15) is 11.9 Å². The fourth-order valence-electron chi connectivity index (χ4n) is 1.11. The van der Waals surface area contributed by atoms with Gasteiger partial charge >= 0.3 is 5.97 Å². The van der Waals surface area contributed by atoms with Crippen molar-refractivity contribution in [2.24, 2.45) is 0 Å². The molecule has 0 aromatic heterocycles. The van der Waals surface area contributed by atoms with Crippen molar-refractivity contribution < 1.29 is 24.5 Å². The molecule has 0 spiro atoms. The molecule has 92 valence electrons. The van der Waals surface area contributed by atoms with E-state index in [4.69, 9.17) is 9.84 Å². The molecule has 0 radical (unpaired) electrons. The molecule has 0 heterocycles. The number of phenols is 1. The quantitative estimate of drug-likeness (QED) is 0.683. The molecule has 3 N–H and O–H groups in total. The van der Waals surface area contributed by atoms with Crippen LogP contribution in [0.2, 0.25) is 0 Å². The molecular formula is C11H13NO5. The fraction of sp³-hybridized carbons (Fsp3) is 0.273.